The highest BCUT2D eigenvalue weighted by Gasteiger charge is 2.40. The van der Waals surface area contributed by atoms with Crippen molar-refractivity contribution in [2.75, 3.05) is 19.8 Å². The molecule has 0 amide bonds. The Hall–Kier alpha value is -1.02. The summed E-state index contributed by atoms with van der Waals surface area (Å²) in [6.45, 7) is 7.26. The Bertz CT molecular complexity index is 362. The van der Waals surface area contributed by atoms with Crippen LogP contribution in [0.25, 0.3) is 0 Å². The minimum absolute atomic E-state index is 0.405. The normalized spacial score (nSPS) is 15.4. The van der Waals surface area contributed by atoms with E-state index in [1.165, 1.54) is 6.08 Å². The van der Waals surface area contributed by atoms with Crippen molar-refractivity contribution in [1.29, 1.82) is 0 Å². The lowest BCUT2D eigenvalue weighted by Gasteiger charge is -2.28. The molecule has 1 heterocycles. The molecule has 0 unspecified atom stereocenters. The standard InChI is InChI=1S/C13H22O6Si/c1-4-16-20(17-5-2,18-6-3)9-7-8-11-10-12(14)19-13(11)15/h10H,4-9H2,1-3H3. The monoisotopic (exact) mass is 302 g/mol. The lowest BCUT2D eigenvalue weighted by Crippen LogP contribution is -2.45. The maximum atomic E-state index is 11.3. The van der Waals surface area contributed by atoms with E-state index in [9.17, 15) is 9.59 Å². The van der Waals surface area contributed by atoms with Gasteiger partial charge in [0.05, 0.1) is 0 Å². The second-order valence-corrected chi connectivity index (χ2v) is 6.95. The van der Waals surface area contributed by atoms with Crippen LogP contribution in [0.4, 0.5) is 0 Å². The number of hydrogen-bond acceptors (Lipinski definition) is 6. The molecule has 20 heavy (non-hydrogen) atoms. The van der Waals surface area contributed by atoms with Gasteiger partial charge in [-0.15, -0.1) is 0 Å². The van der Waals surface area contributed by atoms with Crippen LogP contribution in [0.2, 0.25) is 6.04 Å². The van der Waals surface area contributed by atoms with Crippen LogP contribution in [0.5, 0.6) is 0 Å². The quantitative estimate of drug-likeness (QED) is 0.348. The van der Waals surface area contributed by atoms with E-state index in [4.69, 9.17) is 13.3 Å². The van der Waals surface area contributed by atoms with Crippen LogP contribution >= 0.6 is 0 Å². The molecule has 0 aromatic heterocycles. The zero-order valence-corrected chi connectivity index (χ0v) is 13.3. The zero-order chi connectivity index (χ0) is 15.0. The van der Waals surface area contributed by atoms with E-state index in [0.717, 1.165) is 0 Å². The third-order valence-corrected chi connectivity index (χ3v) is 5.92. The first-order valence-electron chi connectivity index (χ1n) is 6.95. The van der Waals surface area contributed by atoms with Crippen LogP contribution in [-0.4, -0.2) is 40.6 Å². The van der Waals surface area contributed by atoms with Crippen molar-refractivity contribution >= 4 is 20.7 Å². The molecule has 0 bridgehead atoms. The van der Waals surface area contributed by atoms with Gasteiger partial charge in [0.2, 0.25) is 0 Å². The van der Waals surface area contributed by atoms with Gasteiger partial charge in [0.25, 0.3) is 0 Å². The Morgan fingerprint density at radius 1 is 1.05 bits per heavy atom. The summed E-state index contributed by atoms with van der Waals surface area (Å²) in [4.78, 5) is 22.3. The molecule has 0 radical (unpaired) electrons. The summed E-state index contributed by atoms with van der Waals surface area (Å²) < 4.78 is 21.6. The molecule has 1 aliphatic rings. The molecule has 0 saturated heterocycles. The average molecular weight is 302 g/mol. The maximum Gasteiger partial charge on any atom is 0.500 e. The van der Waals surface area contributed by atoms with E-state index >= 15 is 0 Å². The number of esters is 2. The molecule has 1 rings (SSSR count). The third kappa shape index (κ3) is 4.82. The summed E-state index contributed by atoms with van der Waals surface area (Å²) in [6.07, 6.45) is 2.36. The smallest absolute Gasteiger partial charge is 0.386 e. The highest BCUT2D eigenvalue weighted by Crippen LogP contribution is 2.22. The van der Waals surface area contributed by atoms with Crippen molar-refractivity contribution < 1.29 is 27.6 Å². The lowest BCUT2D eigenvalue weighted by molar-refractivity contribution is -0.150. The van der Waals surface area contributed by atoms with E-state index in [-0.39, 0.29) is 0 Å². The van der Waals surface area contributed by atoms with Crippen LogP contribution in [0.3, 0.4) is 0 Å². The molecule has 0 aromatic carbocycles. The fourth-order valence-corrected chi connectivity index (χ4v) is 4.67. The second kappa shape index (κ2) is 8.31. The molecule has 0 atom stereocenters. The van der Waals surface area contributed by atoms with Crippen LogP contribution in [-0.2, 0) is 27.6 Å². The van der Waals surface area contributed by atoms with Gasteiger partial charge in [0.15, 0.2) is 0 Å². The van der Waals surface area contributed by atoms with Crippen molar-refractivity contribution in [2.45, 2.75) is 39.7 Å². The molecule has 0 saturated carbocycles. The largest absolute Gasteiger partial charge is 0.500 e. The predicted octanol–water partition coefficient (Wildman–Crippen LogP) is 1.82. The number of carbonyl (C=O) groups excluding carboxylic acids is 2. The van der Waals surface area contributed by atoms with Crippen molar-refractivity contribution in [3.63, 3.8) is 0 Å². The zero-order valence-electron chi connectivity index (χ0n) is 12.3. The minimum atomic E-state index is -2.67. The van der Waals surface area contributed by atoms with Gasteiger partial charge in [0, 0.05) is 37.5 Å². The molecule has 7 heteroatoms. The molecule has 0 aliphatic carbocycles. The fraction of sp³-hybridized carbons (Fsp3) is 0.692. The molecule has 0 aromatic rings. The molecule has 6 nitrogen and oxygen atoms in total. The predicted molar refractivity (Wildman–Crippen MR) is 73.9 cm³/mol. The van der Waals surface area contributed by atoms with E-state index < -0.39 is 20.7 Å². The number of cyclic esters (lactones) is 2. The van der Waals surface area contributed by atoms with Gasteiger partial charge in [-0.25, -0.2) is 9.59 Å². The van der Waals surface area contributed by atoms with Gasteiger partial charge in [-0.2, -0.15) is 0 Å². The van der Waals surface area contributed by atoms with E-state index in [1.54, 1.807) is 0 Å². The summed E-state index contributed by atoms with van der Waals surface area (Å²) in [5.41, 5.74) is 0.405. The van der Waals surface area contributed by atoms with E-state index in [0.29, 0.717) is 44.3 Å². The summed E-state index contributed by atoms with van der Waals surface area (Å²) in [7, 11) is -2.67. The summed E-state index contributed by atoms with van der Waals surface area (Å²) >= 11 is 0. The molecule has 114 valence electrons. The minimum Gasteiger partial charge on any atom is -0.386 e. The van der Waals surface area contributed by atoms with Gasteiger partial charge in [-0.1, -0.05) is 0 Å². The third-order valence-electron chi connectivity index (χ3n) is 2.77. The van der Waals surface area contributed by atoms with Gasteiger partial charge in [-0.3, -0.25) is 0 Å². The van der Waals surface area contributed by atoms with Crippen molar-refractivity contribution in [3.05, 3.63) is 11.6 Å². The molecular weight excluding hydrogens is 280 g/mol. The number of rotatable bonds is 10. The Kier molecular flexibility index (Phi) is 7.07. The van der Waals surface area contributed by atoms with E-state index in [2.05, 4.69) is 4.74 Å². The van der Waals surface area contributed by atoms with Crippen LogP contribution < -0.4 is 0 Å². The maximum absolute atomic E-state index is 11.3. The Morgan fingerprint density at radius 3 is 2.00 bits per heavy atom. The molecule has 0 fully saturated rings. The molecule has 0 N–H and O–H groups in total. The summed E-state index contributed by atoms with van der Waals surface area (Å²) in [5, 5.41) is 0. The van der Waals surface area contributed by atoms with Crippen LogP contribution in [0.15, 0.2) is 11.6 Å². The summed E-state index contributed by atoms with van der Waals surface area (Å²) in [6, 6.07) is 0.612. The van der Waals surface area contributed by atoms with Gasteiger partial charge < -0.3 is 18.0 Å². The van der Waals surface area contributed by atoms with E-state index in [1.807, 2.05) is 20.8 Å². The first-order chi connectivity index (χ1) is 9.56. The first kappa shape index (κ1) is 17.0. The van der Waals surface area contributed by atoms with Gasteiger partial charge >= 0.3 is 20.7 Å². The fourth-order valence-electron chi connectivity index (χ4n) is 2.06. The topological polar surface area (TPSA) is 71.1 Å². The summed E-state index contributed by atoms with van der Waals surface area (Å²) in [5.74, 6) is -1.14. The highest BCUT2D eigenvalue weighted by molar-refractivity contribution is 6.60. The van der Waals surface area contributed by atoms with Gasteiger partial charge in [-0.05, 0) is 33.6 Å². The Morgan fingerprint density at radius 2 is 1.60 bits per heavy atom. The van der Waals surface area contributed by atoms with Gasteiger partial charge in [0.1, 0.15) is 0 Å². The number of ether oxygens (including phenoxy) is 1. The number of carbonyl (C=O) groups is 2. The molecular formula is C13H22O6Si. The average Bonchev–Trinajstić information content (AvgIpc) is 2.69. The van der Waals surface area contributed by atoms with Crippen molar-refractivity contribution in [1.82, 2.24) is 0 Å². The Balaban J connectivity index is 2.55. The molecule has 0 spiro atoms. The van der Waals surface area contributed by atoms with Crippen molar-refractivity contribution in [3.8, 4) is 0 Å². The lowest BCUT2D eigenvalue weighted by atomic mass is 10.1. The molecule has 1 aliphatic heterocycles. The second-order valence-electron chi connectivity index (χ2n) is 4.21. The number of hydrogen-bond donors (Lipinski definition) is 0. The SMILES string of the molecule is CCO[Si](CCCC1=CC(=O)OC1=O)(OCC)OCC. The van der Waals surface area contributed by atoms with Crippen molar-refractivity contribution in [2.24, 2.45) is 0 Å². The first-order valence-corrected chi connectivity index (χ1v) is 8.88. The highest BCUT2D eigenvalue weighted by atomic mass is 28.4. The van der Waals surface area contributed by atoms with Crippen LogP contribution in [0.1, 0.15) is 33.6 Å². The Labute approximate surface area is 120 Å². The van der Waals surface area contributed by atoms with Crippen LogP contribution in [0, 0.1) is 0 Å².